The quantitative estimate of drug-likeness (QED) is 0.319. The molecule has 0 radical (unpaired) electrons. The van der Waals surface area contributed by atoms with E-state index in [1.54, 1.807) is 48.5 Å². The summed E-state index contributed by atoms with van der Waals surface area (Å²) in [5.41, 5.74) is 3.78. The van der Waals surface area contributed by atoms with E-state index < -0.39 is 23.8 Å². The molecule has 2 amide bonds. The maximum atomic E-state index is 13.0. The number of rotatable bonds is 6. The third-order valence-electron chi connectivity index (χ3n) is 5.55. The van der Waals surface area contributed by atoms with Gasteiger partial charge >= 0.3 is 5.97 Å². The Balaban J connectivity index is 1.60. The zero-order chi connectivity index (χ0) is 23.4. The van der Waals surface area contributed by atoms with E-state index in [-0.39, 0.29) is 6.42 Å². The van der Waals surface area contributed by atoms with E-state index in [0.29, 0.717) is 22.3 Å². The van der Waals surface area contributed by atoms with E-state index in [1.807, 2.05) is 36.4 Å². The van der Waals surface area contributed by atoms with Crippen molar-refractivity contribution in [3.8, 4) is 6.07 Å². The number of amides is 2. The second-order valence-corrected chi connectivity index (χ2v) is 7.56. The summed E-state index contributed by atoms with van der Waals surface area (Å²) < 4.78 is 4.82. The number of ether oxygens (including phenoxy) is 1. The van der Waals surface area contributed by atoms with Crippen molar-refractivity contribution in [2.45, 2.75) is 12.5 Å². The number of nitrogens with zero attached hydrogens (tertiary/aromatic N) is 2. The van der Waals surface area contributed by atoms with Crippen LogP contribution in [0.3, 0.4) is 0 Å². The normalized spacial score (nSPS) is 13.6. The van der Waals surface area contributed by atoms with Gasteiger partial charge in [-0.15, -0.1) is 0 Å². The minimum absolute atomic E-state index is 0.137. The smallest absolute Gasteiger partial charge is 0.307 e. The van der Waals surface area contributed by atoms with E-state index in [2.05, 4.69) is 6.07 Å². The molecule has 33 heavy (non-hydrogen) atoms. The topological polar surface area (TPSA) is 87.5 Å². The van der Waals surface area contributed by atoms with E-state index in [1.165, 1.54) is 7.11 Å². The van der Waals surface area contributed by atoms with Gasteiger partial charge in [0.15, 0.2) is 0 Å². The monoisotopic (exact) mass is 436 g/mol. The Labute approximate surface area is 191 Å². The Morgan fingerprint density at radius 3 is 1.91 bits per heavy atom. The summed E-state index contributed by atoms with van der Waals surface area (Å²) >= 11 is 0. The van der Waals surface area contributed by atoms with Crippen LogP contribution in [0, 0.1) is 11.3 Å². The Hall–Kier alpha value is -4.50. The average molecular weight is 436 g/mol. The fourth-order valence-corrected chi connectivity index (χ4v) is 3.78. The molecule has 0 aromatic heterocycles. The van der Waals surface area contributed by atoms with Crippen LogP contribution in [0.2, 0.25) is 0 Å². The van der Waals surface area contributed by atoms with Gasteiger partial charge in [-0.05, 0) is 41.0 Å². The number of nitriles is 1. The Kier molecular flexibility index (Phi) is 6.14. The molecule has 0 bridgehead atoms. The number of carbonyl (C=O) groups is 3. The molecule has 1 unspecified atom stereocenters. The molecule has 0 saturated heterocycles. The molecule has 1 aliphatic heterocycles. The molecule has 0 fully saturated rings. The molecule has 162 valence electrons. The van der Waals surface area contributed by atoms with Gasteiger partial charge in [-0.2, -0.15) is 5.26 Å². The summed E-state index contributed by atoms with van der Waals surface area (Å²) in [7, 11) is 1.28. The van der Waals surface area contributed by atoms with Crippen LogP contribution in [0.1, 0.15) is 55.4 Å². The number of fused-ring (bicyclic) bond motifs is 1. The fraction of sp³-hybridized carbons (Fsp3) is 0.111. The SMILES string of the molecule is COC(=O)CC(c1ccc(/C=C/c2ccc(C#N)cc2)cc1)N1C(=O)c2ccccc2C1=O. The van der Waals surface area contributed by atoms with E-state index in [4.69, 9.17) is 10.00 Å². The van der Waals surface area contributed by atoms with Crippen molar-refractivity contribution in [2.24, 2.45) is 0 Å². The fourth-order valence-electron chi connectivity index (χ4n) is 3.78. The third kappa shape index (κ3) is 4.43. The van der Waals surface area contributed by atoms with Gasteiger partial charge < -0.3 is 4.74 Å². The lowest BCUT2D eigenvalue weighted by molar-refractivity contribution is -0.141. The van der Waals surface area contributed by atoms with Crippen LogP contribution in [0.15, 0.2) is 72.8 Å². The largest absolute Gasteiger partial charge is 0.469 e. The lowest BCUT2D eigenvalue weighted by atomic mass is 10.00. The summed E-state index contributed by atoms with van der Waals surface area (Å²) in [6, 6.07) is 22.5. The van der Waals surface area contributed by atoms with E-state index >= 15 is 0 Å². The zero-order valence-corrected chi connectivity index (χ0v) is 17.9. The highest BCUT2D eigenvalue weighted by Crippen LogP contribution is 2.34. The summed E-state index contributed by atoms with van der Waals surface area (Å²) in [4.78, 5) is 39.2. The number of imide groups is 1. The number of esters is 1. The van der Waals surface area contributed by atoms with Crippen LogP contribution in [-0.2, 0) is 9.53 Å². The number of hydrogen-bond acceptors (Lipinski definition) is 5. The lowest BCUT2D eigenvalue weighted by Crippen LogP contribution is -2.35. The van der Waals surface area contributed by atoms with Gasteiger partial charge in [0.2, 0.25) is 0 Å². The van der Waals surface area contributed by atoms with Crippen LogP contribution in [-0.4, -0.2) is 29.8 Å². The second kappa shape index (κ2) is 9.33. The molecule has 3 aromatic rings. The van der Waals surface area contributed by atoms with Crippen molar-refractivity contribution >= 4 is 29.9 Å². The summed E-state index contributed by atoms with van der Waals surface area (Å²) in [6.07, 6.45) is 3.71. The van der Waals surface area contributed by atoms with Gasteiger partial charge in [-0.1, -0.05) is 60.7 Å². The van der Waals surface area contributed by atoms with Crippen LogP contribution in [0.25, 0.3) is 12.2 Å². The zero-order valence-electron chi connectivity index (χ0n) is 17.9. The van der Waals surface area contributed by atoms with Crippen LogP contribution >= 0.6 is 0 Å². The van der Waals surface area contributed by atoms with Gasteiger partial charge in [0, 0.05) is 0 Å². The lowest BCUT2D eigenvalue weighted by Gasteiger charge is -2.26. The Morgan fingerprint density at radius 1 is 0.909 bits per heavy atom. The molecule has 3 aromatic carbocycles. The van der Waals surface area contributed by atoms with Gasteiger partial charge in [0.25, 0.3) is 11.8 Å². The maximum absolute atomic E-state index is 13.0. The van der Waals surface area contributed by atoms with Crippen LogP contribution in [0.4, 0.5) is 0 Å². The summed E-state index contributed by atoms with van der Waals surface area (Å²) in [6.45, 7) is 0. The van der Waals surface area contributed by atoms with Crippen molar-refractivity contribution in [3.05, 3.63) is 106 Å². The summed E-state index contributed by atoms with van der Waals surface area (Å²) in [5, 5.41) is 8.90. The molecular weight excluding hydrogens is 416 g/mol. The minimum atomic E-state index is -0.776. The molecule has 0 aliphatic carbocycles. The van der Waals surface area contributed by atoms with E-state index in [9.17, 15) is 14.4 Å². The molecular formula is C27H20N2O4. The van der Waals surface area contributed by atoms with Crippen molar-refractivity contribution in [1.82, 2.24) is 4.90 Å². The number of carbonyl (C=O) groups excluding carboxylic acids is 3. The molecule has 0 N–H and O–H groups in total. The minimum Gasteiger partial charge on any atom is -0.469 e. The average Bonchev–Trinajstić information content (AvgIpc) is 3.11. The Morgan fingerprint density at radius 2 is 1.42 bits per heavy atom. The number of methoxy groups -OCH3 is 1. The van der Waals surface area contributed by atoms with Gasteiger partial charge in [-0.25, -0.2) is 0 Å². The molecule has 6 heteroatoms. The first-order valence-corrected chi connectivity index (χ1v) is 10.3. The molecule has 1 heterocycles. The summed E-state index contributed by atoms with van der Waals surface area (Å²) in [5.74, 6) is -1.36. The molecule has 6 nitrogen and oxygen atoms in total. The first-order valence-electron chi connectivity index (χ1n) is 10.3. The predicted molar refractivity (Wildman–Crippen MR) is 123 cm³/mol. The first-order chi connectivity index (χ1) is 16.0. The molecule has 4 rings (SSSR count). The second-order valence-electron chi connectivity index (χ2n) is 7.56. The maximum Gasteiger partial charge on any atom is 0.307 e. The molecule has 1 atom stereocenters. The molecule has 0 spiro atoms. The van der Waals surface area contributed by atoms with Gasteiger partial charge in [-0.3, -0.25) is 19.3 Å². The van der Waals surface area contributed by atoms with Crippen molar-refractivity contribution in [3.63, 3.8) is 0 Å². The van der Waals surface area contributed by atoms with Gasteiger partial charge in [0.1, 0.15) is 0 Å². The number of hydrogen-bond donors (Lipinski definition) is 0. The van der Waals surface area contributed by atoms with Gasteiger partial charge in [0.05, 0.1) is 42.3 Å². The number of benzene rings is 3. The highest BCUT2D eigenvalue weighted by Gasteiger charge is 2.41. The first kappa shape index (κ1) is 21.7. The highest BCUT2D eigenvalue weighted by molar-refractivity contribution is 6.21. The van der Waals surface area contributed by atoms with Crippen molar-refractivity contribution in [1.29, 1.82) is 5.26 Å². The molecule has 1 aliphatic rings. The predicted octanol–water partition coefficient (Wildman–Crippen LogP) is 4.63. The van der Waals surface area contributed by atoms with Crippen molar-refractivity contribution in [2.75, 3.05) is 7.11 Å². The highest BCUT2D eigenvalue weighted by atomic mass is 16.5. The van der Waals surface area contributed by atoms with Crippen molar-refractivity contribution < 1.29 is 19.1 Å². The van der Waals surface area contributed by atoms with Crippen LogP contribution in [0.5, 0.6) is 0 Å². The van der Waals surface area contributed by atoms with Crippen LogP contribution < -0.4 is 0 Å². The third-order valence-corrected chi connectivity index (χ3v) is 5.55. The molecule has 0 saturated carbocycles. The Bertz CT molecular complexity index is 1250. The standard InChI is InChI=1S/C27H20N2O4/c1-33-25(30)16-24(29-26(31)22-4-2-3-5-23(22)27(29)32)21-14-12-19(13-15-21)7-6-18-8-10-20(17-28)11-9-18/h2-15,24H,16H2,1H3/b7-6+. The van der Waals surface area contributed by atoms with E-state index in [0.717, 1.165) is 16.0 Å².